The molecule has 11 aromatic rings. The van der Waals surface area contributed by atoms with E-state index in [2.05, 4.69) is 191 Å². The molecule has 0 spiro atoms. The topological polar surface area (TPSA) is 72.3 Å². The van der Waals surface area contributed by atoms with Gasteiger partial charge in [-0.2, -0.15) is 20.2 Å². The van der Waals surface area contributed by atoms with Crippen LogP contribution >= 0.6 is 0 Å². The van der Waals surface area contributed by atoms with Gasteiger partial charge < -0.3 is 0 Å². The summed E-state index contributed by atoms with van der Waals surface area (Å²) in [5.74, 6) is 1.53. The molecule has 0 atom stereocenters. The summed E-state index contributed by atoms with van der Waals surface area (Å²) in [5.41, 5.74) is 9.18. The molecule has 276 valence electrons. The van der Waals surface area contributed by atoms with Crippen LogP contribution in [0.25, 0.3) is 66.9 Å². The van der Waals surface area contributed by atoms with Crippen molar-refractivity contribution in [3.63, 3.8) is 0 Å². The van der Waals surface area contributed by atoms with Gasteiger partial charge in [0.25, 0.3) is 0 Å². The van der Waals surface area contributed by atoms with E-state index in [-0.39, 0.29) is 0 Å². The molecule has 6 heteroatoms. The van der Waals surface area contributed by atoms with Crippen molar-refractivity contribution in [1.29, 1.82) is 5.26 Å². The zero-order valence-corrected chi connectivity index (χ0v) is 31.8. The van der Waals surface area contributed by atoms with Crippen molar-refractivity contribution in [2.45, 2.75) is 5.41 Å². The number of nitrogens with zero attached hydrogens (tertiary/aromatic N) is 6. The second kappa shape index (κ2) is 13.8. The fourth-order valence-corrected chi connectivity index (χ4v) is 9.03. The summed E-state index contributed by atoms with van der Waals surface area (Å²) in [4.78, 5) is 16.1. The SMILES string of the molecule is N#Cc1ccc2c(c1)c1ccccc1n2-c1nc(-c2cccc(C(c3ccccc3)(c3ccccc3)c3ccccc3)c2)nc(-n2c3ccccc3c3ccccc32)n1. The van der Waals surface area contributed by atoms with E-state index >= 15 is 0 Å². The van der Waals surface area contributed by atoms with Crippen molar-refractivity contribution in [3.05, 3.63) is 234 Å². The quantitative estimate of drug-likeness (QED) is 0.152. The fourth-order valence-electron chi connectivity index (χ4n) is 9.03. The first-order chi connectivity index (χ1) is 29.2. The van der Waals surface area contributed by atoms with Gasteiger partial charge in [0.1, 0.15) is 0 Å². The third kappa shape index (κ3) is 5.37. The first-order valence-corrected chi connectivity index (χ1v) is 19.7. The fraction of sp³-hybridized carbons (Fsp3) is 0.0189. The second-order valence-electron chi connectivity index (χ2n) is 14.8. The summed E-state index contributed by atoms with van der Waals surface area (Å²) in [6, 6.07) is 74.0. The highest BCUT2D eigenvalue weighted by molar-refractivity contribution is 6.10. The first-order valence-electron chi connectivity index (χ1n) is 19.7. The third-order valence-electron chi connectivity index (χ3n) is 11.6. The van der Waals surface area contributed by atoms with Gasteiger partial charge >= 0.3 is 0 Å². The lowest BCUT2D eigenvalue weighted by Crippen LogP contribution is -2.31. The molecular formula is C53H34N6. The van der Waals surface area contributed by atoms with Crippen molar-refractivity contribution < 1.29 is 0 Å². The molecule has 6 nitrogen and oxygen atoms in total. The van der Waals surface area contributed by atoms with Crippen LogP contribution in [0.5, 0.6) is 0 Å². The van der Waals surface area contributed by atoms with Gasteiger partial charge in [0.2, 0.25) is 11.9 Å². The van der Waals surface area contributed by atoms with Gasteiger partial charge in [-0.25, -0.2) is 0 Å². The second-order valence-corrected chi connectivity index (χ2v) is 14.8. The van der Waals surface area contributed by atoms with Crippen LogP contribution in [-0.4, -0.2) is 24.1 Å². The highest BCUT2D eigenvalue weighted by Crippen LogP contribution is 2.46. The molecule has 0 bridgehead atoms. The molecule has 59 heavy (non-hydrogen) atoms. The summed E-state index contributed by atoms with van der Waals surface area (Å²) in [6.45, 7) is 0. The zero-order chi connectivity index (χ0) is 39.3. The predicted octanol–water partition coefficient (Wildman–Crippen LogP) is 12.0. The van der Waals surface area contributed by atoms with Crippen molar-refractivity contribution >= 4 is 43.6 Å². The first kappa shape index (κ1) is 34.1. The largest absolute Gasteiger partial charge is 0.278 e. The molecule has 0 unspecified atom stereocenters. The summed E-state index contributed by atoms with van der Waals surface area (Å²) >= 11 is 0. The van der Waals surface area contributed by atoms with Gasteiger partial charge in [-0.3, -0.25) is 9.13 Å². The highest BCUT2D eigenvalue weighted by atomic mass is 15.3. The molecule has 11 rings (SSSR count). The minimum Gasteiger partial charge on any atom is -0.278 e. The maximum absolute atomic E-state index is 9.88. The Bertz CT molecular complexity index is 3250. The lowest BCUT2D eigenvalue weighted by atomic mass is 9.65. The zero-order valence-electron chi connectivity index (χ0n) is 31.8. The maximum atomic E-state index is 9.88. The van der Waals surface area contributed by atoms with E-state index in [0.717, 1.165) is 71.4 Å². The average molecular weight is 755 g/mol. The predicted molar refractivity (Wildman–Crippen MR) is 237 cm³/mol. The number of benzene rings is 8. The van der Waals surface area contributed by atoms with Gasteiger partial charge in [-0.05, 0) is 64.7 Å². The van der Waals surface area contributed by atoms with Crippen molar-refractivity contribution in [2.75, 3.05) is 0 Å². The Morgan fingerprint density at radius 1 is 0.373 bits per heavy atom. The van der Waals surface area contributed by atoms with Gasteiger partial charge in [0.15, 0.2) is 5.82 Å². The van der Waals surface area contributed by atoms with Crippen molar-refractivity contribution in [3.8, 4) is 29.4 Å². The van der Waals surface area contributed by atoms with Gasteiger partial charge in [0, 0.05) is 27.1 Å². The van der Waals surface area contributed by atoms with Crippen LogP contribution in [0.4, 0.5) is 0 Å². The van der Waals surface area contributed by atoms with Gasteiger partial charge in [-0.15, -0.1) is 0 Å². The Morgan fingerprint density at radius 3 is 1.29 bits per heavy atom. The third-order valence-corrected chi connectivity index (χ3v) is 11.6. The Balaban J connectivity index is 1.23. The molecule has 0 radical (unpaired) electrons. The number of hydrogen-bond donors (Lipinski definition) is 0. The molecule has 0 aliphatic carbocycles. The Morgan fingerprint density at radius 2 is 0.797 bits per heavy atom. The van der Waals surface area contributed by atoms with E-state index < -0.39 is 5.41 Å². The number of nitriles is 1. The van der Waals surface area contributed by atoms with E-state index in [0.29, 0.717) is 23.3 Å². The van der Waals surface area contributed by atoms with Crippen molar-refractivity contribution in [2.24, 2.45) is 0 Å². The summed E-state index contributed by atoms with van der Waals surface area (Å²) in [5, 5.41) is 14.1. The molecule has 0 fully saturated rings. The summed E-state index contributed by atoms with van der Waals surface area (Å²) in [6.07, 6.45) is 0. The maximum Gasteiger partial charge on any atom is 0.240 e. The molecule has 0 aliphatic heterocycles. The molecule has 0 saturated carbocycles. The average Bonchev–Trinajstić information content (AvgIpc) is 3.83. The van der Waals surface area contributed by atoms with E-state index in [9.17, 15) is 5.26 Å². The molecule has 0 saturated heterocycles. The van der Waals surface area contributed by atoms with Gasteiger partial charge in [-0.1, -0.05) is 164 Å². The Labute approximate surface area is 340 Å². The normalized spacial score (nSPS) is 11.7. The number of para-hydroxylation sites is 3. The van der Waals surface area contributed by atoms with Crippen LogP contribution in [0, 0.1) is 11.3 Å². The molecule has 0 aliphatic rings. The molecule has 3 heterocycles. The molecule has 0 amide bonds. The number of aromatic nitrogens is 5. The van der Waals surface area contributed by atoms with Crippen LogP contribution < -0.4 is 0 Å². The van der Waals surface area contributed by atoms with Gasteiger partial charge in [0.05, 0.1) is 39.1 Å². The lowest BCUT2D eigenvalue weighted by Gasteiger charge is -2.37. The molecular weight excluding hydrogens is 721 g/mol. The minimum atomic E-state index is -0.656. The number of hydrogen-bond acceptors (Lipinski definition) is 4. The monoisotopic (exact) mass is 754 g/mol. The van der Waals surface area contributed by atoms with Crippen LogP contribution in [0.3, 0.4) is 0 Å². The molecule has 0 N–H and O–H groups in total. The number of rotatable bonds is 7. The number of fused-ring (bicyclic) bond motifs is 6. The van der Waals surface area contributed by atoms with E-state index in [1.807, 2.05) is 30.3 Å². The van der Waals surface area contributed by atoms with E-state index in [1.54, 1.807) is 0 Å². The minimum absolute atomic E-state index is 0.480. The van der Waals surface area contributed by atoms with Crippen LogP contribution in [0.1, 0.15) is 27.8 Å². The summed E-state index contributed by atoms with van der Waals surface area (Å²) in [7, 11) is 0. The standard InChI is InChI=1S/C53H34N6/c54-35-36-31-32-49-45(33-36)44-27-12-15-30-48(44)59(49)52-56-50(55-51(57-52)58-46-28-13-10-25-42(46)43-26-11-14-29-47(43)58)37-17-16-24-41(34-37)53(38-18-4-1-5-19-38,39-20-6-2-7-21-39)40-22-8-3-9-23-40/h1-34H. The molecule has 3 aromatic heterocycles. The Hall–Kier alpha value is -8.14. The summed E-state index contributed by atoms with van der Waals surface area (Å²) < 4.78 is 4.24. The Kier molecular flexibility index (Phi) is 7.99. The van der Waals surface area contributed by atoms with E-state index in [1.165, 1.54) is 0 Å². The highest BCUT2D eigenvalue weighted by Gasteiger charge is 2.38. The van der Waals surface area contributed by atoms with E-state index in [4.69, 9.17) is 15.0 Å². The van der Waals surface area contributed by atoms with Crippen LogP contribution in [-0.2, 0) is 5.41 Å². The van der Waals surface area contributed by atoms with Crippen LogP contribution in [0.2, 0.25) is 0 Å². The molecule has 8 aromatic carbocycles. The smallest absolute Gasteiger partial charge is 0.240 e. The van der Waals surface area contributed by atoms with Crippen LogP contribution in [0.15, 0.2) is 206 Å². The van der Waals surface area contributed by atoms with Crippen molar-refractivity contribution in [1.82, 2.24) is 24.1 Å². The lowest BCUT2D eigenvalue weighted by molar-refractivity contribution is 0.745.